The standard InChI is InChI=1S/C21H21FN2O4S/c1-3-13-24(21(25)18-10-11-19(28-18)29(2,26)27)20(16-5-4-12-23-14-16)15-6-8-17(22)9-7-15/h4-12,14,20H,3,13H2,1-2H3. The molecule has 0 fully saturated rings. The number of pyridine rings is 1. The molecule has 0 spiro atoms. The van der Waals surface area contributed by atoms with Crippen LogP contribution >= 0.6 is 0 Å². The van der Waals surface area contributed by atoms with Gasteiger partial charge in [-0.2, -0.15) is 0 Å². The van der Waals surface area contributed by atoms with Crippen LogP contribution in [0.3, 0.4) is 0 Å². The predicted molar refractivity (Wildman–Crippen MR) is 106 cm³/mol. The number of nitrogens with zero attached hydrogens (tertiary/aromatic N) is 2. The fourth-order valence-electron chi connectivity index (χ4n) is 3.10. The lowest BCUT2D eigenvalue weighted by Gasteiger charge is -2.31. The fourth-order valence-corrected chi connectivity index (χ4v) is 3.66. The van der Waals surface area contributed by atoms with E-state index in [-0.39, 0.29) is 16.7 Å². The van der Waals surface area contributed by atoms with Crippen molar-refractivity contribution in [1.29, 1.82) is 0 Å². The van der Waals surface area contributed by atoms with Gasteiger partial charge in [0.15, 0.2) is 5.76 Å². The van der Waals surface area contributed by atoms with Gasteiger partial charge in [-0.25, -0.2) is 12.8 Å². The molecule has 1 aromatic carbocycles. The Balaban J connectivity index is 2.07. The van der Waals surface area contributed by atoms with Crippen LogP contribution < -0.4 is 0 Å². The summed E-state index contributed by atoms with van der Waals surface area (Å²) in [6.45, 7) is 2.31. The highest BCUT2D eigenvalue weighted by atomic mass is 32.2. The molecule has 0 N–H and O–H groups in total. The van der Waals surface area contributed by atoms with E-state index in [1.54, 1.807) is 35.5 Å². The molecule has 8 heteroatoms. The van der Waals surface area contributed by atoms with Gasteiger partial charge in [0.05, 0.1) is 6.04 Å². The Bertz CT molecular complexity index is 1080. The average Bonchev–Trinajstić information content (AvgIpc) is 3.20. The summed E-state index contributed by atoms with van der Waals surface area (Å²) in [5, 5.41) is -0.267. The molecule has 6 nitrogen and oxygen atoms in total. The zero-order valence-corrected chi connectivity index (χ0v) is 16.9. The SMILES string of the molecule is CCCN(C(=O)c1ccc(S(C)(=O)=O)o1)C(c1ccc(F)cc1)c1cccnc1. The lowest BCUT2D eigenvalue weighted by molar-refractivity contribution is 0.0667. The third kappa shape index (κ3) is 4.71. The number of aromatic nitrogens is 1. The molecule has 2 heterocycles. The van der Waals surface area contributed by atoms with Crippen molar-refractivity contribution in [1.82, 2.24) is 9.88 Å². The van der Waals surface area contributed by atoms with E-state index in [0.29, 0.717) is 18.5 Å². The van der Waals surface area contributed by atoms with E-state index in [2.05, 4.69) is 4.98 Å². The van der Waals surface area contributed by atoms with E-state index in [9.17, 15) is 17.6 Å². The topological polar surface area (TPSA) is 80.5 Å². The predicted octanol–water partition coefficient (Wildman–Crippen LogP) is 3.86. The maximum Gasteiger partial charge on any atom is 0.290 e. The lowest BCUT2D eigenvalue weighted by atomic mass is 9.97. The maximum atomic E-state index is 13.5. The number of furan rings is 1. The van der Waals surface area contributed by atoms with Gasteiger partial charge >= 0.3 is 0 Å². The van der Waals surface area contributed by atoms with E-state index in [0.717, 1.165) is 11.8 Å². The molecule has 2 aromatic heterocycles. The second-order valence-corrected chi connectivity index (χ2v) is 8.58. The van der Waals surface area contributed by atoms with E-state index < -0.39 is 21.8 Å². The van der Waals surface area contributed by atoms with Crippen LogP contribution in [0.5, 0.6) is 0 Å². The summed E-state index contributed by atoms with van der Waals surface area (Å²) in [5.74, 6) is -0.911. The molecule has 0 bridgehead atoms. The number of hydrogen-bond donors (Lipinski definition) is 0. The van der Waals surface area contributed by atoms with Crippen molar-refractivity contribution in [3.8, 4) is 0 Å². The summed E-state index contributed by atoms with van der Waals surface area (Å²) in [4.78, 5) is 19.0. The van der Waals surface area contributed by atoms with Gasteiger partial charge < -0.3 is 9.32 Å². The van der Waals surface area contributed by atoms with Gasteiger partial charge in [0.2, 0.25) is 14.9 Å². The zero-order chi connectivity index (χ0) is 21.0. The third-order valence-corrected chi connectivity index (χ3v) is 5.33. The zero-order valence-electron chi connectivity index (χ0n) is 16.1. The van der Waals surface area contributed by atoms with Crippen LogP contribution in [0.15, 0.2) is 70.4 Å². The molecule has 1 unspecified atom stereocenters. The van der Waals surface area contributed by atoms with Gasteiger partial charge in [-0.05, 0) is 47.9 Å². The first-order valence-corrected chi connectivity index (χ1v) is 11.0. The average molecular weight is 416 g/mol. The number of carbonyl (C=O) groups is 1. The Labute approximate surface area is 168 Å². The summed E-state index contributed by atoms with van der Waals surface area (Å²) in [6.07, 6.45) is 4.94. The van der Waals surface area contributed by atoms with Crippen LogP contribution in [0.2, 0.25) is 0 Å². The summed E-state index contributed by atoms with van der Waals surface area (Å²) in [5.41, 5.74) is 1.45. The Hall–Kier alpha value is -3.00. The van der Waals surface area contributed by atoms with Crippen LogP contribution in [0.1, 0.15) is 41.1 Å². The second kappa shape index (κ2) is 8.57. The summed E-state index contributed by atoms with van der Waals surface area (Å²) >= 11 is 0. The van der Waals surface area contributed by atoms with Crippen LogP contribution in [0, 0.1) is 5.82 Å². The smallest absolute Gasteiger partial charge is 0.290 e. The number of hydrogen-bond acceptors (Lipinski definition) is 5. The van der Waals surface area contributed by atoms with Crippen LogP contribution in [-0.4, -0.2) is 37.0 Å². The van der Waals surface area contributed by atoms with Crippen molar-refractivity contribution in [2.24, 2.45) is 0 Å². The van der Waals surface area contributed by atoms with Gasteiger partial charge in [-0.1, -0.05) is 25.1 Å². The van der Waals surface area contributed by atoms with Crippen molar-refractivity contribution < 1.29 is 22.0 Å². The minimum absolute atomic E-state index is 0.0742. The van der Waals surface area contributed by atoms with E-state index in [1.165, 1.54) is 24.3 Å². The quantitative estimate of drug-likeness (QED) is 0.584. The van der Waals surface area contributed by atoms with E-state index >= 15 is 0 Å². The van der Waals surface area contributed by atoms with Crippen LogP contribution in [-0.2, 0) is 9.84 Å². The molecule has 0 saturated carbocycles. The molecular weight excluding hydrogens is 395 g/mol. The van der Waals surface area contributed by atoms with Gasteiger partial charge in [0, 0.05) is 25.2 Å². The molecule has 152 valence electrons. The summed E-state index contributed by atoms with van der Waals surface area (Å²) < 4.78 is 42.2. The molecule has 3 aromatic rings. The number of carbonyl (C=O) groups excluding carboxylic acids is 1. The van der Waals surface area contributed by atoms with Crippen molar-refractivity contribution in [3.05, 3.63) is 83.6 Å². The minimum Gasteiger partial charge on any atom is -0.440 e. The lowest BCUT2D eigenvalue weighted by Crippen LogP contribution is -2.36. The second-order valence-electron chi connectivity index (χ2n) is 6.63. The normalized spacial score (nSPS) is 12.5. The first kappa shape index (κ1) is 20.7. The monoisotopic (exact) mass is 416 g/mol. The van der Waals surface area contributed by atoms with Gasteiger partial charge in [0.1, 0.15) is 5.82 Å². The highest BCUT2D eigenvalue weighted by molar-refractivity contribution is 7.90. The molecule has 0 radical (unpaired) electrons. The van der Waals surface area contributed by atoms with Crippen molar-refractivity contribution in [3.63, 3.8) is 0 Å². The number of amides is 1. The fraction of sp³-hybridized carbons (Fsp3) is 0.238. The molecule has 0 aliphatic heterocycles. The number of rotatable bonds is 7. The molecule has 3 rings (SSSR count). The first-order valence-electron chi connectivity index (χ1n) is 9.07. The first-order chi connectivity index (χ1) is 13.8. The van der Waals surface area contributed by atoms with Crippen LogP contribution in [0.25, 0.3) is 0 Å². The molecule has 1 amide bonds. The van der Waals surface area contributed by atoms with Crippen molar-refractivity contribution in [2.75, 3.05) is 12.8 Å². The molecule has 0 saturated heterocycles. The Morgan fingerprint density at radius 2 is 1.86 bits per heavy atom. The van der Waals surface area contributed by atoms with Gasteiger partial charge in [0.25, 0.3) is 5.91 Å². The van der Waals surface area contributed by atoms with Gasteiger partial charge in [-0.15, -0.1) is 0 Å². The number of sulfone groups is 1. The third-order valence-electron chi connectivity index (χ3n) is 4.38. The van der Waals surface area contributed by atoms with E-state index in [4.69, 9.17) is 4.42 Å². The van der Waals surface area contributed by atoms with E-state index in [1.807, 2.05) is 13.0 Å². The number of benzene rings is 1. The van der Waals surface area contributed by atoms with Crippen molar-refractivity contribution in [2.45, 2.75) is 24.5 Å². The Morgan fingerprint density at radius 1 is 1.14 bits per heavy atom. The van der Waals surface area contributed by atoms with Gasteiger partial charge in [-0.3, -0.25) is 9.78 Å². The summed E-state index contributed by atoms with van der Waals surface area (Å²) in [6, 6.07) is 11.6. The molecule has 29 heavy (non-hydrogen) atoms. The Kier molecular flexibility index (Phi) is 6.12. The highest BCUT2D eigenvalue weighted by Gasteiger charge is 2.30. The largest absolute Gasteiger partial charge is 0.440 e. The number of halogens is 1. The molecule has 1 atom stereocenters. The maximum absolute atomic E-state index is 13.5. The molecular formula is C21H21FN2O4S. The molecule has 0 aliphatic rings. The highest BCUT2D eigenvalue weighted by Crippen LogP contribution is 2.30. The molecule has 0 aliphatic carbocycles. The Morgan fingerprint density at radius 3 is 2.41 bits per heavy atom. The van der Waals surface area contributed by atoms with Crippen LogP contribution in [0.4, 0.5) is 4.39 Å². The summed E-state index contributed by atoms with van der Waals surface area (Å²) in [7, 11) is -3.57. The van der Waals surface area contributed by atoms with Crippen molar-refractivity contribution >= 4 is 15.7 Å². The minimum atomic E-state index is -3.57.